The number of amidine groups is 1. The standard InChI is InChI=1S/C28H30N6O/c1-6-9-17-10-8-11-20-24(17)34-23-14-18(19-15-30-27(31-16-19)28(3,4)29)12-13-21(23)32-25(34)22(7-2)33(5)26(20)35/h8,10-15,22H,7,16,29H2,1-5H3,(H,30,31). The molecule has 1 aromatic heterocycles. The van der Waals surface area contributed by atoms with Crippen LogP contribution in [0.2, 0.25) is 0 Å². The molecule has 7 nitrogen and oxygen atoms in total. The van der Waals surface area contributed by atoms with Gasteiger partial charge in [0.05, 0.1) is 40.4 Å². The van der Waals surface area contributed by atoms with E-state index in [1.807, 2.05) is 58.3 Å². The maximum atomic E-state index is 13.5. The SMILES string of the molecule is CC#Cc1cccc2c1-n1c(nc3ccc(C4=CNC(C(C)(C)N)=NC4)cc31)C(CC)N(C)C2=O. The van der Waals surface area contributed by atoms with Crippen LogP contribution in [-0.4, -0.2) is 45.3 Å². The van der Waals surface area contributed by atoms with Gasteiger partial charge in [0.2, 0.25) is 0 Å². The lowest BCUT2D eigenvalue weighted by Gasteiger charge is -2.25. The Morgan fingerprint density at radius 1 is 1.26 bits per heavy atom. The van der Waals surface area contributed by atoms with Crippen LogP contribution in [0.3, 0.4) is 0 Å². The van der Waals surface area contributed by atoms with Crippen LogP contribution in [0, 0.1) is 11.8 Å². The highest BCUT2D eigenvalue weighted by Crippen LogP contribution is 2.37. The molecule has 178 valence electrons. The third-order valence-corrected chi connectivity index (χ3v) is 6.67. The molecule has 2 aliphatic rings. The lowest BCUT2D eigenvalue weighted by Crippen LogP contribution is -2.48. The van der Waals surface area contributed by atoms with Gasteiger partial charge in [-0.1, -0.05) is 25.0 Å². The molecule has 3 aromatic rings. The smallest absolute Gasteiger partial charge is 0.256 e. The first-order chi connectivity index (χ1) is 16.7. The number of fused-ring (bicyclic) bond motifs is 5. The zero-order chi connectivity index (χ0) is 24.9. The lowest BCUT2D eigenvalue weighted by molar-refractivity contribution is 0.0726. The monoisotopic (exact) mass is 466 g/mol. The summed E-state index contributed by atoms with van der Waals surface area (Å²) in [4.78, 5) is 25.0. The largest absolute Gasteiger partial charge is 0.349 e. The van der Waals surface area contributed by atoms with Crippen molar-refractivity contribution >= 4 is 28.3 Å². The van der Waals surface area contributed by atoms with Gasteiger partial charge < -0.3 is 16.0 Å². The van der Waals surface area contributed by atoms with Gasteiger partial charge in [-0.25, -0.2) is 4.98 Å². The number of rotatable bonds is 3. The first kappa shape index (κ1) is 22.9. The Morgan fingerprint density at radius 2 is 2.06 bits per heavy atom. The fourth-order valence-corrected chi connectivity index (χ4v) is 4.88. The molecule has 1 amide bonds. The minimum atomic E-state index is -0.525. The maximum absolute atomic E-state index is 13.5. The highest BCUT2D eigenvalue weighted by atomic mass is 16.2. The highest BCUT2D eigenvalue weighted by molar-refractivity contribution is 6.01. The van der Waals surface area contributed by atoms with Crippen LogP contribution in [0.25, 0.3) is 22.3 Å². The number of nitrogens with two attached hydrogens (primary N) is 1. The summed E-state index contributed by atoms with van der Waals surface area (Å²) in [5.41, 5.74) is 11.8. The minimum absolute atomic E-state index is 0.0214. The Hall–Kier alpha value is -3.89. The zero-order valence-electron chi connectivity index (χ0n) is 20.8. The number of aromatic nitrogens is 2. The molecule has 0 saturated carbocycles. The minimum Gasteiger partial charge on any atom is -0.349 e. The van der Waals surface area contributed by atoms with Gasteiger partial charge in [-0.2, -0.15) is 0 Å². The number of aliphatic imine (C=N–C) groups is 1. The fraction of sp³-hybridized carbons (Fsp3) is 0.321. The van der Waals surface area contributed by atoms with Crippen molar-refractivity contribution < 1.29 is 4.79 Å². The highest BCUT2D eigenvalue weighted by Gasteiger charge is 2.34. The predicted octanol–water partition coefficient (Wildman–Crippen LogP) is 4.01. The molecule has 1 unspecified atom stereocenters. The Morgan fingerprint density at radius 3 is 2.71 bits per heavy atom. The summed E-state index contributed by atoms with van der Waals surface area (Å²) in [7, 11) is 1.85. The molecule has 0 saturated heterocycles. The number of amides is 1. The molecule has 5 rings (SSSR count). The van der Waals surface area contributed by atoms with Crippen molar-refractivity contribution in [3.05, 3.63) is 65.1 Å². The topological polar surface area (TPSA) is 88.5 Å². The van der Waals surface area contributed by atoms with Crippen molar-refractivity contribution in [1.82, 2.24) is 19.8 Å². The molecule has 0 spiro atoms. The Balaban J connectivity index is 1.74. The fourth-order valence-electron chi connectivity index (χ4n) is 4.88. The quantitative estimate of drug-likeness (QED) is 0.571. The van der Waals surface area contributed by atoms with E-state index >= 15 is 0 Å². The summed E-state index contributed by atoms with van der Waals surface area (Å²) in [6.45, 7) is 8.30. The van der Waals surface area contributed by atoms with Crippen molar-refractivity contribution in [2.24, 2.45) is 10.7 Å². The first-order valence-electron chi connectivity index (χ1n) is 11.9. The summed E-state index contributed by atoms with van der Waals surface area (Å²) >= 11 is 0. The van der Waals surface area contributed by atoms with E-state index in [-0.39, 0.29) is 11.9 Å². The Bertz CT molecular complexity index is 1470. The lowest BCUT2D eigenvalue weighted by atomic mass is 10.0. The van der Waals surface area contributed by atoms with Crippen LogP contribution in [0.1, 0.15) is 67.5 Å². The van der Waals surface area contributed by atoms with Crippen molar-refractivity contribution in [3.8, 4) is 17.5 Å². The van der Waals surface area contributed by atoms with Gasteiger partial charge >= 0.3 is 0 Å². The zero-order valence-corrected chi connectivity index (χ0v) is 20.8. The number of para-hydroxylation sites is 1. The van der Waals surface area contributed by atoms with Crippen molar-refractivity contribution in [2.75, 3.05) is 13.6 Å². The number of nitrogens with zero attached hydrogens (tertiary/aromatic N) is 4. The number of carbonyl (C=O) groups is 1. The van der Waals surface area contributed by atoms with Gasteiger partial charge in [0, 0.05) is 18.8 Å². The van der Waals surface area contributed by atoms with E-state index in [2.05, 4.69) is 45.8 Å². The summed E-state index contributed by atoms with van der Waals surface area (Å²) < 4.78 is 2.14. The molecular formula is C28H30N6O. The first-order valence-corrected chi connectivity index (χ1v) is 11.9. The molecule has 1 atom stereocenters. The van der Waals surface area contributed by atoms with E-state index in [9.17, 15) is 4.79 Å². The van der Waals surface area contributed by atoms with Crippen LogP contribution in [0.5, 0.6) is 0 Å². The van der Waals surface area contributed by atoms with E-state index in [1.165, 1.54) is 0 Å². The number of hydrogen-bond acceptors (Lipinski definition) is 5. The average Bonchev–Trinajstić information content (AvgIpc) is 3.17. The number of nitrogens with one attached hydrogen (secondary N) is 1. The van der Waals surface area contributed by atoms with E-state index in [1.54, 1.807) is 4.90 Å². The van der Waals surface area contributed by atoms with Gasteiger partial charge in [0.15, 0.2) is 0 Å². The molecule has 0 fully saturated rings. The number of benzene rings is 2. The van der Waals surface area contributed by atoms with Crippen LogP contribution < -0.4 is 11.1 Å². The van der Waals surface area contributed by atoms with Crippen LogP contribution in [0.4, 0.5) is 0 Å². The van der Waals surface area contributed by atoms with Gasteiger partial charge in [-0.3, -0.25) is 14.4 Å². The Labute approximate surface area is 205 Å². The second-order valence-corrected chi connectivity index (χ2v) is 9.63. The van der Waals surface area contributed by atoms with Crippen molar-refractivity contribution in [1.29, 1.82) is 0 Å². The normalized spacial score (nSPS) is 17.5. The number of imidazole rings is 1. The predicted molar refractivity (Wildman–Crippen MR) is 140 cm³/mol. The third-order valence-electron chi connectivity index (χ3n) is 6.67. The van der Waals surface area contributed by atoms with Gasteiger partial charge in [-0.15, -0.1) is 5.92 Å². The number of carbonyl (C=O) groups excluding carboxylic acids is 1. The average molecular weight is 467 g/mol. The van der Waals surface area contributed by atoms with Crippen molar-refractivity contribution in [3.63, 3.8) is 0 Å². The summed E-state index contributed by atoms with van der Waals surface area (Å²) in [6.07, 6.45) is 2.73. The van der Waals surface area contributed by atoms with Crippen LogP contribution in [-0.2, 0) is 0 Å². The van der Waals surface area contributed by atoms with Crippen LogP contribution in [0.15, 0.2) is 47.6 Å². The molecule has 35 heavy (non-hydrogen) atoms. The molecule has 3 heterocycles. The Kier molecular flexibility index (Phi) is 5.49. The van der Waals surface area contributed by atoms with E-state index < -0.39 is 5.54 Å². The molecule has 0 bridgehead atoms. The molecule has 0 radical (unpaired) electrons. The van der Waals surface area contributed by atoms with E-state index in [0.717, 1.165) is 51.5 Å². The number of hydrogen-bond donors (Lipinski definition) is 2. The van der Waals surface area contributed by atoms with Gasteiger partial charge in [-0.05, 0) is 62.6 Å². The maximum Gasteiger partial charge on any atom is 0.256 e. The molecule has 2 aliphatic heterocycles. The second kappa shape index (κ2) is 8.40. The van der Waals surface area contributed by atoms with E-state index in [4.69, 9.17) is 10.7 Å². The summed E-state index contributed by atoms with van der Waals surface area (Å²) in [6, 6.07) is 11.8. The van der Waals surface area contributed by atoms with Gasteiger partial charge in [0.1, 0.15) is 11.7 Å². The second-order valence-electron chi connectivity index (χ2n) is 9.63. The summed E-state index contributed by atoms with van der Waals surface area (Å²) in [5, 5.41) is 3.26. The van der Waals surface area contributed by atoms with Crippen molar-refractivity contribution in [2.45, 2.75) is 45.7 Å². The molecule has 3 N–H and O–H groups in total. The molecule has 0 aliphatic carbocycles. The summed E-state index contributed by atoms with van der Waals surface area (Å²) in [5.74, 6) is 7.80. The molecule has 2 aromatic carbocycles. The molecule has 7 heteroatoms. The molecular weight excluding hydrogens is 436 g/mol. The van der Waals surface area contributed by atoms with Gasteiger partial charge in [0.25, 0.3) is 5.91 Å². The van der Waals surface area contributed by atoms with Crippen LogP contribution >= 0.6 is 0 Å². The third kappa shape index (κ3) is 3.71. The van der Waals surface area contributed by atoms with E-state index in [0.29, 0.717) is 12.1 Å².